The Morgan fingerprint density at radius 3 is 2.62 bits per heavy atom. The van der Waals surface area contributed by atoms with Crippen LogP contribution in [0.2, 0.25) is 0 Å². The van der Waals surface area contributed by atoms with E-state index in [0.29, 0.717) is 0 Å². The number of hydrogen-bond donors (Lipinski definition) is 3. The number of nitrogens with two attached hydrogens (primary N) is 1. The lowest BCUT2D eigenvalue weighted by Crippen LogP contribution is -2.40. The second kappa shape index (κ2) is 2.79. The molecular weight excluding hydrogens is 112 g/mol. The summed E-state index contributed by atoms with van der Waals surface area (Å²) in [6.45, 7) is 0. The Balaban J connectivity index is 3.53. The van der Waals surface area contributed by atoms with E-state index in [4.69, 9.17) is 10.5 Å². The van der Waals surface area contributed by atoms with Gasteiger partial charge in [-0.25, -0.2) is 16.0 Å². The first kappa shape index (κ1) is 6.68. The third kappa shape index (κ3) is 1.96. The van der Waals surface area contributed by atoms with E-state index in [9.17, 15) is 4.79 Å². The van der Waals surface area contributed by atoms with Crippen LogP contribution in [-0.2, 0) is 0 Å². The van der Waals surface area contributed by atoms with Crippen molar-refractivity contribution in [1.29, 1.82) is 5.26 Å². The molecule has 0 unspecified atom stereocenters. The number of hydroxylamine groups is 1. The third-order valence-electron chi connectivity index (χ3n) is 0.371. The Hall–Kier alpha value is -1.32. The van der Waals surface area contributed by atoms with Crippen LogP contribution in [0.3, 0.4) is 0 Å². The largest absolute Gasteiger partial charge is 0.369 e. The quantitative estimate of drug-likeness (QED) is 0.0917. The van der Waals surface area contributed by atoms with Crippen molar-refractivity contribution >= 4 is 6.03 Å². The Labute approximate surface area is 45.0 Å². The lowest BCUT2D eigenvalue weighted by molar-refractivity contribution is -0.0430. The molecule has 0 heterocycles. The van der Waals surface area contributed by atoms with Gasteiger partial charge in [-0.05, 0) is 0 Å². The van der Waals surface area contributed by atoms with Gasteiger partial charge >= 0.3 is 6.03 Å². The Morgan fingerprint density at radius 1 is 2.00 bits per heavy atom. The van der Waals surface area contributed by atoms with Crippen LogP contribution in [0.5, 0.6) is 0 Å². The van der Waals surface area contributed by atoms with Crippen LogP contribution in [-0.4, -0.2) is 16.4 Å². The van der Waals surface area contributed by atoms with Crippen molar-refractivity contribution in [1.82, 2.24) is 10.5 Å². The lowest BCUT2D eigenvalue weighted by atomic mass is 11.0. The van der Waals surface area contributed by atoms with E-state index in [1.54, 1.807) is 5.32 Å². The number of hydrazine groups is 1. The highest BCUT2D eigenvalue weighted by Gasteiger charge is 2.01. The maximum Gasteiger partial charge on any atom is 0.369 e. The molecule has 0 saturated heterocycles. The molecule has 0 bridgehead atoms. The monoisotopic (exact) mass is 116 g/mol. The topological polar surface area (TPSA) is 102 Å². The fraction of sp³-hybridized carbons (Fsp3) is 0. The zero-order valence-corrected chi connectivity index (χ0v) is 3.83. The van der Waals surface area contributed by atoms with E-state index in [1.807, 2.05) is 0 Å². The van der Waals surface area contributed by atoms with Crippen LogP contribution in [0.25, 0.3) is 0 Å². The summed E-state index contributed by atoms with van der Waals surface area (Å²) >= 11 is 0. The van der Waals surface area contributed by atoms with E-state index >= 15 is 0 Å². The SMILES string of the molecule is N#CNC(=O)N(N)O. The number of amides is 2. The molecule has 0 radical (unpaired) electrons. The summed E-state index contributed by atoms with van der Waals surface area (Å²) < 4.78 is 0. The molecule has 0 aromatic carbocycles. The van der Waals surface area contributed by atoms with E-state index < -0.39 is 6.03 Å². The maximum atomic E-state index is 9.96. The van der Waals surface area contributed by atoms with Crippen molar-refractivity contribution < 1.29 is 10.0 Å². The van der Waals surface area contributed by atoms with Crippen LogP contribution < -0.4 is 11.2 Å². The van der Waals surface area contributed by atoms with Crippen LogP contribution in [0.1, 0.15) is 0 Å². The summed E-state index contributed by atoms with van der Waals surface area (Å²) in [5.74, 6) is 4.45. The Bertz CT molecular complexity index is 124. The van der Waals surface area contributed by atoms with E-state index in [0.717, 1.165) is 0 Å². The van der Waals surface area contributed by atoms with Gasteiger partial charge in [0.25, 0.3) is 0 Å². The minimum absolute atomic E-state index is 0.219. The number of hydrogen-bond acceptors (Lipinski definition) is 4. The van der Waals surface area contributed by atoms with Crippen molar-refractivity contribution in [3.63, 3.8) is 0 Å². The average Bonchev–Trinajstić information content (AvgIpc) is 1.67. The summed E-state index contributed by atoms with van der Waals surface area (Å²) in [6, 6.07) is -1.06. The maximum absolute atomic E-state index is 9.96. The van der Waals surface area contributed by atoms with Crippen molar-refractivity contribution in [2.45, 2.75) is 0 Å². The average molecular weight is 116 g/mol. The molecule has 0 aromatic rings. The summed E-state index contributed by atoms with van der Waals surface area (Å²) in [4.78, 5) is 9.96. The molecule has 0 aliphatic heterocycles. The Kier molecular flexibility index (Phi) is 2.33. The van der Waals surface area contributed by atoms with Gasteiger partial charge in [0.05, 0.1) is 0 Å². The molecule has 6 nitrogen and oxygen atoms in total. The second-order valence-electron chi connectivity index (χ2n) is 0.887. The number of nitrogens with one attached hydrogen (secondary N) is 1. The van der Waals surface area contributed by atoms with Crippen molar-refractivity contribution in [2.75, 3.05) is 0 Å². The van der Waals surface area contributed by atoms with Gasteiger partial charge in [0.15, 0.2) is 6.19 Å². The summed E-state index contributed by atoms with van der Waals surface area (Å²) in [5, 5.41) is 17.1. The number of urea groups is 1. The molecule has 0 saturated carbocycles. The zero-order chi connectivity index (χ0) is 6.57. The van der Waals surface area contributed by atoms with Gasteiger partial charge in [0, 0.05) is 0 Å². The summed E-state index contributed by atoms with van der Waals surface area (Å²) in [7, 11) is 0. The predicted octanol–water partition coefficient (Wildman–Crippen LogP) is -1.26. The predicted molar refractivity (Wildman–Crippen MR) is 22.0 cm³/mol. The van der Waals surface area contributed by atoms with Crippen LogP contribution in [0, 0.1) is 11.5 Å². The number of carbonyl (C=O) groups is 1. The molecule has 8 heavy (non-hydrogen) atoms. The van der Waals surface area contributed by atoms with Gasteiger partial charge in [0.2, 0.25) is 0 Å². The number of carbonyl (C=O) groups excluding carboxylic acids is 1. The fourth-order valence-corrected chi connectivity index (χ4v) is 0.105. The van der Waals surface area contributed by atoms with E-state index in [-0.39, 0.29) is 5.17 Å². The van der Waals surface area contributed by atoms with Gasteiger partial charge < -0.3 is 0 Å². The lowest BCUT2D eigenvalue weighted by Gasteiger charge is -2.02. The number of nitriles is 1. The molecule has 0 atom stereocenters. The van der Waals surface area contributed by atoms with E-state index in [1.165, 1.54) is 6.19 Å². The molecule has 0 rings (SSSR count). The molecule has 0 fully saturated rings. The second-order valence-corrected chi connectivity index (χ2v) is 0.887. The van der Waals surface area contributed by atoms with Crippen LogP contribution >= 0.6 is 0 Å². The third-order valence-corrected chi connectivity index (χ3v) is 0.371. The smallest absolute Gasteiger partial charge is 0.269 e. The molecule has 2 amide bonds. The molecule has 0 aliphatic carbocycles. The van der Waals surface area contributed by atoms with Crippen molar-refractivity contribution in [2.24, 2.45) is 5.84 Å². The fourth-order valence-electron chi connectivity index (χ4n) is 0.105. The van der Waals surface area contributed by atoms with Gasteiger partial charge in [-0.15, -0.1) is 5.17 Å². The molecule has 6 heteroatoms. The minimum Gasteiger partial charge on any atom is -0.269 e. The number of rotatable bonds is 0. The van der Waals surface area contributed by atoms with Crippen LogP contribution in [0.4, 0.5) is 4.79 Å². The molecule has 0 aliphatic rings. The van der Waals surface area contributed by atoms with Gasteiger partial charge in [-0.3, -0.25) is 5.21 Å². The Morgan fingerprint density at radius 2 is 2.50 bits per heavy atom. The van der Waals surface area contributed by atoms with Gasteiger partial charge in [-0.1, -0.05) is 0 Å². The molecule has 0 aromatic heterocycles. The highest BCUT2D eigenvalue weighted by atomic mass is 16.5. The highest BCUT2D eigenvalue weighted by Crippen LogP contribution is 1.66. The highest BCUT2D eigenvalue weighted by molar-refractivity contribution is 5.73. The molecule has 44 valence electrons. The first-order chi connectivity index (χ1) is 3.68. The zero-order valence-electron chi connectivity index (χ0n) is 3.83. The standard InChI is InChI=1S/C2H4N4O2/c3-1-5-2(7)6(4)8/h8H,4H2,(H,5,7). The van der Waals surface area contributed by atoms with Gasteiger partial charge in [0.1, 0.15) is 0 Å². The summed E-state index contributed by atoms with van der Waals surface area (Å²) in [6.07, 6.45) is 1.27. The first-order valence-electron chi connectivity index (χ1n) is 1.61. The van der Waals surface area contributed by atoms with Gasteiger partial charge in [-0.2, -0.15) is 5.26 Å². The number of nitrogens with zero attached hydrogens (tertiary/aromatic N) is 2. The minimum atomic E-state index is -1.06. The molecule has 0 spiro atoms. The summed E-state index contributed by atoms with van der Waals surface area (Å²) in [5.41, 5.74) is 0. The van der Waals surface area contributed by atoms with E-state index in [2.05, 4.69) is 5.84 Å². The molecular formula is C2H4N4O2. The molecule has 4 N–H and O–H groups in total. The van der Waals surface area contributed by atoms with Crippen molar-refractivity contribution in [3.8, 4) is 6.19 Å². The normalized spacial score (nSPS) is 7.12. The van der Waals surface area contributed by atoms with Crippen LogP contribution in [0.15, 0.2) is 0 Å². The first-order valence-corrected chi connectivity index (χ1v) is 1.61. The van der Waals surface area contributed by atoms with Crippen molar-refractivity contribution in [3.05, 3.63) is 0 Å².